The van der Waals surface area contributed by atoms with Crippen molar-refractivity contribution in [3.63, 3.8) is 0 Å². The standard InChI is InChI=1S/C17H22O6/c1-4-9(2)15(21)22-12-6-16(3)13(20)7-17(23-16)10(8-18)5-11(19)14(12)17/h4-5,11-12,14,18-19H,6-8H2,1-3H3/t11-,12-,14-,16-,17+/m1/s1. The highest BCUT2D eigenvalue weighted by atomic mass is 16.6. The molecule has 0 unspecified atom stereocenters. The number of allylic oxidation sites excluding steroid dienone is 1. The first-order valence-electron chi connectivity index (χ1n) is 7.85. The molecule has 5 atom stereocenters. The van der Waals surface area contributed by atoms with Crippen LogP contribution in [-0.2, 0) is 19.1 Å². The third kappa shape index (κ3) is 2.20. The maximum Gasteiger partial charge on any atom is 0.333 e. The fourth-order valence-corrected chi connectivity index (χ4v) is 4.06. The molecule has 0 aromatic rings. The molecule has 2 aliphatic heterocycles. The second-order valence-corrected chi connectivity index (χ2v) is 6.81. The van der Waals surface area contributed by atoms with Crippen LogP contribution in [0, 0.1) is 5.92 Å². The van der Waals surface area contributed by atoms with Gasteiger partial charge >= 0.3 is 5.97 Å². The topological polar surface area (TPSA) is 93.1 Å². The van der Waals surface area contributed by atoms with E-state index < -0.39 is 35.3 Å². The van der Waals surface area contributed by atoms with Gasteiger partial charge in [0.1, 0.15) is 17.3 Å². The molecule has 0 saturated carbocycles. The van der Waals surface area contributed by atoms with Crippen molar-refractivity contribution < 1.29 is 29.3 Å². The SMILES string of the molecule is CC=C(C)C(=O)O[C@@H]1C[C@@]2(C)O[C@@]3(CC2=O)C(CO)=C[C@@H](O)[C@H]13. The van der Waals surface area contributed by atoms with Gasteiger partial charge in [0.15, 0.2) is 5.78 Å². The van der Waals surface area contributed by atoms with Gasteiger partial charge < -0.3 is 19.7 Å². The van der Waals surface area contributed by atoms with Gasteiger partial charge in [-0.2, -0.15) is 0 Å². The molecule has 23 heavy (non-hydrogen) atoms. The number of rotatable bonds is 3. The number of carbonyl (C=O) groups excluding carboxylic acids is 2. The molecule has 2 saturated heterocycles. The molecule has 0 radical (unpaired) electrons. The molecular formula is C17H22O6. The van der Waals surface area contributed by atoms with E-state index >= 15 is 0 Å². The molecular weight excluding hydrogens is 300 g/mol. The number of fused-ring (bicyclic) bond motifs is 1. The molecule has 6 heteroatoms. The summed E-state index contributed by atoms with van der Waals surface area (Å²) >= 11 is 0. The lowest BCUT2D eigenvalue weighted by Gasteiger charge is -2.45. The van der Waals surface area contributed by atoms with Crippen LogP contribution in [0.4, 0.5) is 0 Å². The molecule has 2 heterocycles. The van der Waals surface area contributed by atoms with Crippen LogP contribution in [0.1, 0.15) is 33.6 Å². The van der Waals surface area contributed by atoms with Gasteiger partial charge in [-0.15, -0.1) is 0 Å². The zero-order valence-electron chi connectivity index (χ0n) is 13.5. The second-order valence-electron chi connectivity index (χ2n) is 6.81. The van der Waals surface area contributed by atoms with Crippen LogP contribution in [0.2, 0.25) is 0 Å². The normalized spacial score (nSPS) is 42.5. The Morgan fingerprint density at radius 3 is 2.87 bits per heavy atom. The maximum absolute atomic E-state index is 12.4. The second kappa shape index (κ2) is 5.26. The third-order valence-electron chi connectivity index (χ3n) is 5.42. The van der Waals surface area contributed by atoms with Crippen LogP contribution in [-0.4, -0.2) is 52.0 Å². The number of Topliss-reactive ketones (excluding diaryl/α,β-unsaturated/α-hetero) is 1. The quantitative estimate of drug-likeness (QED) is 0.450. The summed E-state index contributed by atoms with van der Waals surface area (Å²) in [6.45, 7) is 4.78. The molecule has 6 nitrogen and oxygen atoms in total. The van der Waals surface area contributed by atoms with Crippen LogP contribution in [0.25, 0.3) is 0 Å². The molecule has 1 aliphatic carbocycles. The first kappa shape index (κ1) is 16.4. The smallest absolute Gasteiger partial charge is 0.333 e. The number of carbonyl (C=O) groups is 2. The number of aliphatic hydroxyl groups is 2. The van der Waals surface area contributed by atoms with Crippen molar-refractivity contribution in [2.24, 2.45) is 5.92 Å². The molecule has 2 N–H and O–H groups in total. The van der Waals surface area contributed by atoms with E-state index in [1.165, 1.54) is 6.08 Å². The molecule has 3 rings (SSSR count). The van der Waals surface area contributed by atoms with E-state index in [1.807, 2.05) is 0 Å². The minimum absolute atomic E-state index is 0.0859. The summed E-state index contributed by atoms with van der Waals surface area (Å²) in [5, 5.41) is 20.0. The molecule has 0 aromatic heterocycles. The lowest BCUT2D eigenvalue weighted by Crippen LogP contribution is -2.56. The van der Waals surface area contributed by atoms with Crippen LogP contribution in [0.5, 0.6) is 0 Å². The number of ether oxygens (including phenoxy) is 2. The van der Waals surface area contributed by atoms with E-state index in [0.717, 1.165) is 0 Å². The van der Waals surface area contributed by atoms with E-state index in [-0.39, 0.29) is 25.2 Å². The first-order chi connectivity index (χ1) is 10.8. The molecule has 0 aromatic carbocycles. The number of hydrogen-bond donors (Lipinski definition) is 2. The fraction of sp³-hybridized carbons (Fsp3) is 0.647. The van der Waals surface area contributed by atoms with Crippen molar-refractivity contribution in [2.75, 3.05) is 6.61 Å². The first-order valence-corrected chi connectivity index (χ1v) is 7.85. The molecule has 1 spiro atoms. The summed E-state index contributed by atoms with van der Waals surface area (Å²) in [6, 6.07) is 0. The van der Waals surface area contributed by atoms with E-state index in [9.17, 15) is 19.8 Å². The highest BCUT2D eigenvalue weighted by molar-refractivity contribution is 5.92. The van der Waals surface area contributed by atoms with E-state index in [4.69, 9.17) is 9.47 Å². The number of hydrogen-bond acceptors (Lipinski definition) is 6. The van der Waals surface area contributed by atoms with Gasteiger partial charge in [-0.1, -0.05) is 12.2 Å². The Morgan fingerprint density at radius 1 is 1.57 bits per heavy atom. The molecule has 0 amide bonds. The van der Waals surface area contributed by atoms with Crippen LogP contribution in [0.3, 0.4) is 0 Å². The third-order valence-corrected chi connectivity index (χ3v) is 5.42. The highest BCUT2D eigenvalue weighted by Gasteiger charge is 2.68. The van der Waals surface area contributed by atoms with Crippen LogP contribution in [0.15, 0.2) is 23.3 Å². The Bertz CT molecular complexity index is 621. The van der Waals surface area contributed by atoms with E-state index in [0.29, 0.717) is 11.1 Å². The Balaban J connectivity index is 1.98. The fourth-order valence-electron chi connectivity index (χ4n) is 4.06. The van der Waals surface area contributed by atoms with Gasteiger partial charge in [0, 0.05) is 18.4 Å². The van der Waals surface area contributed by atoms with Gasteiger partial charge in [0.2, 0.25) is 0 Å². The predicted molar refractivity (Wildman–Crippen MR) is 80.4 cm³/mol. The summed E-state index contributed by atoms with van der Waals surface area (Å²) in [5.74, 6) is -1.12. The van der Waals surface area contributed by atoms with Gasteiger partial charge in [0.05, 0.1) is 18.6 Å². The Hall–Kier alpha value is -1.50. The minimum Gasteiger partial charge on any atom is -0.458 e. The van der Waals surface area contributed by atoms with Crippen molar-refractivity contribution in [1.82, 2.24) is 0 Å². The van der Waals surface area contributed by atoms with Crippen LogP contribution >= 0.6 is 0 Å². The average Bonchev–Trinajstić information content (AvgIpc) is 2.88. The predicted octanol–water partition coefficient (Wildman–Crippen LogP) is 0.664. The molecule has 3 aliphatic rings. The Labute approximate surface area is 134 Å². The number of ketones is 1. The largest absolute Gasteiger partial charge is 0.458 e. The van der Waals surface area contributed by atoms with E-state index in [1.54, 1.807) is 26.8 Å². The Kier molecular flexibility index (Phi) is 3.74. The Morgan fingerprint density at radius 2 is 2.26 bits per heavy atom. The van der Waals surface area contributed by atoms with Crippen molar-refractivity contribution in [3.05, 3.63) is 23.3 Å². The van der Waals surface area contributed by atoms with Gasteiger partial charge in [-0.3, -0.25) is 4.79 Å². The summed E-state index contributed by atoms with van der Waals surface area (Å²) in [7, 11) is 0. The van der Waals surface area contributed by atoms with Gasteiger partial charge in [0.25, 0.3) is 0 Å². The number of aliphatic hydroxyl groups excluding tert-OH is 2. The average molecular weight is 322 g/mol. The monoisotopic (exact) mass is 322 g/mol. The summed E-state index contributed by atoms with van der Waals surface area (Å²) in [6.07, 6.45) is 1.92. The lowest BCUT2D eigenvalue weighted by molar-refractivity contribution is -0.207. The van der Waals surface area contributed by atoms with E-state index in [2.05, 4.69) is 0 Å². The highest BCUT2D eigenvalue weighted by Crippen LogP contribution is 2.57. The zero-order chi connectivity index (χ0) is 17.0. The molecule has 2 fully saturated rings. The summed E-state index contributed by atoms with van der Waals surface area (Å²) in [4.78, 5) is 24.6. The van der Waals surface area contributed by atoms with Crippen molar-refractivity contribution in [3.8, 4) is 0 Å². The van der Waals surface area contributed by atoms with Crippen molar-refractivity contribution in [1.29, 1.82) is 0 Å². The summed E-state index contributed by atoms with van der Waals surface area (Å²) in [5.41, 5.74) is -1.15. The van der Waals surface area contributed by atoms with Gasteiger partial charge in [-0.25, -0.2) is 4.79 Å². The molecule has 126 valence electrons. The molecule has 2 bridgehead atoms. The number of esters is 1. The summed E-state index contributed by atoms with van der Waals surface area (Å²) < 4.78 is 11.6. The zero-order valence-corrected chi connectivity index (χ0v) is 13.5. The van der Waals surface area contributed by atoms with Crippen molar-refractivity contribution >= 4 is 11.8 Å². The van der Waals surface area contributed by atoms with Crippen LogP contribution < -0.4 is 0 Å². The lowest BCUT2D eigenvalue weighted by atomic mass is 9.78. The minimum atomic E-state index is -1.06. The van der Waals surface area contributed by atoms with Crippen molar-refractivity contribution in [2.45, 2.75) is 57.0 Å². The maximum atomic E-state index is 12.4. The van der Waals surface area contributed by atoms with Gasteiger partial charge in [-0.05, 0) is 26.3 Å².